The van der Waals surface area contributed by atoms with Crippen LogP contribution in [0.4, 0.5) is 0 Å². The number of nitrogens with zero attached hydrogens (tertiary/aromatic N) is 1. The van der Waals surface area contributed by atoms with Gasteiger partial charge in [0.2, 0.25) is 5.89 Å². The third-order valence-corrected chi connectivity index (χ3v) is 4.40. The number of ether oxygens (including phenoxy) is 1. The summed E-state index contributed by atoms with van der Waals surface area (Å²) in [5.74, 6) is 0.664. The van der Waals surface area contributed by atoms with Gasteiger partial charge in [-0.05, 0) is 50.6 Å². The number of epoxide rings is 1. The van der Waals surface area contributed by atoms with Gasteiger partial charge in [-0.3, -0.25) is 0 Å². The van der Waals surface area contributed by atoms with Gasteiger partial charge in [0.25, 0.3) is 0 Å². The zero-order valence-electron chi connectivity index (χ0n) is 12.4. The Balaban J connectivity index is 1.78. The fourth-order valence-corrected chi connectivity index (χ4v) is 2.69. The molecule has 2 heterocycles. The fraction of sp³-hybridized carbons (Fsp3) is 0.278. The van der Waals surface area contributed by atoms with Crippen molar-refractivity contribution >= 4 is 11.1 Å². The van der Waals surface area contributed by atoms with Gasteiger partial charge in [-0.25, -0.2) is 4.98 Å². The van der Waals surface area contributed by atoms with Gasteiger partial charge >= 0.3 is 0 Å². The predicted molar refractivity (Wildman–Crippen MR) is 82.1 cm³/mol. The smallest absolute Gasteiger partial charge is 0.227 e. The minimum Gasteiger partial charge on any atom is -0.436 e. The Morgan fingerprint density at radius 3 is 2.48 bits per heavy atom. The molecule has 2 unspecified atom stereocenters. The van der Waals surface area contributed by atoms with E-state index in [9.17, 15) is 0 Å². The van der Waals surface area contributed by atoms with Crippen molar-refractivity contribution in [2.24, 2.45) is 0 Å². The molecule has 1 aliphatic heterocycles. The topological polar surface area (TPSA) is 38.6 Å². The number of aromatic nitrogens is 1. The third kappa shape index (κ3) is 1.96. The van der Waals surface area contributed by atoms with Crippen LogP contribution in [0.15, 0.2) is 46.9 Å². The number of benzene rings is 2. The van der Waals surface area contributed by atoms with Crippen LogP contribution in [-0.4, -0.2) is 11.1 Å². The van der Waals surface area contributed by atoms with E-state index in [1.165, 1.54) is 5.56 Å². The summed E-state index contributed by atoms with van der Waals surface area (Å²) in [6.45, 7) is 6.27. The summed E-state index contributed by atoms with van der Waals surface area (Å²) >= 11 is 0. The van der Waals surface area contributed by atoms with Crippen LogP contribution >= 0.6 is 0 Å². The van der Waals surface area contributed by atoms with E-state index in [2.05, 4.69) is 50.0 Å². The average Bonchev–Trinajstić information content (AvgIpc) is 2.92. The molecule has 0 amide bonds. The second-order valence-electron chi connectivity index (χ2n) is 5.93. The second-order valence-corrected chi connectivity index (χ2v) is 5.93. The molecular formula is C18H17NO2. The minimum absolute atomic E-state index is 0.169. The first-order valence-electron chi connectivity index (χ1n) is 7.22. The summed E-state index contributed by atoms with van der Waals surface area (Å²) in [4.78, 5) is 4.62. The maximum absolute atomic E-state index is 5.86. The van der Waals surface area contributed by atoms with Crippen molar-refractivity contribution in [3.63, 3.8) is 0 Å². The third-order valence-electron chi connectivity index (χ3n) is 4.40. The Labute approximate surface area is 123 Å². The summed E-state index contributed by atoms with van der Waals surface area (Å²) < 4.78 is 11.5. The van der Waals surface area contributed by atoms with Crippen LogP contribution < -0.4 is 0 Å². The first-order chi connectivity index (χ1) is 10.1. The molecule has 0 saturated carbocycles. The molecule has 0 radical (unpaired) electrons. The van der Waals surface area contributed by atoms with Gasteiger partial charge in [-0.2, -0.15) is 0 Å². The van der Waals surface area contributed by atoms with Gasteiger partial charge < -0.3 is 9.15 Å². The highest BCUT2D eigenvalue weighted by molar-refractivity contribution is 5.77. The molecule has 21 heavy (non-hydrogen) atoms. The highest BCUT2D eigenvalue weighted by Gasteiger charge is 2.50. The first kappa shape index (κ1) is 12.6. The van der Waals surface area contributed by atoms with Crippen LogP contribution in [-0.2, 0) is 10.3 Å². The van der Waals surface area contributed by atoms with E-state index >= 15 is 0 Å². The van der Waals surface area contributed by atoms with E-state index < -0.39 is 0 Å². The normalized spacial score (nSPS) is 24.4. The molecule has 0 aliphatic carbocycles. The first-order valence-corrected chi connectivity index (χ1v) is 7.22. The molecule has 1 fully saturated rings. The lowest BCUT2D eigenvalue weighted by atomic mass is 9.98. The van der Waals surface area contributed by atoms with E-state index in [-0.39, 0.29) is 11.7 Å². The van der Waals surface area contributed by atoms with Gasteiger partial charge in [0.1, 0.15) is 11.1 Å². The molecule has 0 N–H and O–H groups in total. The SMILES string of the molecule is Cc1ccc(-c2nc3cc(C4(C)OC4C)ccc3o2)cc1. The van der Waals surface area contributed by atoms with Crippen molar-refractivity contribution in [3.8, 4) is 11.5 Å². The zero-order chi connectivity index (χ0) is 14.6. The molecule has 2 atom stereocenters. The molecule has 1 aliphatic rings. The lowest BCUT2D eigenvalue weighted by Crippen LogP contribution is -2.04. The predicted octanol–water partition coefficient (Wildman–Crippen LogP) is 4.44. The molecule has 0 bridgehead atoms. The fourth-order valence-electron chi connectivity index (χ4n) is 2.69. The maximum Gasteiger partial charge on any atom is 0.227 e. The molecule has 4 rings (SSSR count). The summed E-state index contributed by atoms with van der Waals surface area (Å²) in [5, 5.41) is 0. The molecule has 106 valence electrons. The Kier molecular flexibility index (Phi) is 2.51. The Morgan fingerprint density at radius 2 is 1.81 bits per heavy atom. The Bertz CT molecular complexity index is 819. The monoisotopic (exact) mass is 279 g/mol. The van der Waals surface area contributed by atoms with E-state index in [0.717, 1.165) is 22.2 Å². The van der Waals surface area contributed by atoms with Crippen molar-refractivity contribution in [3.05, 3.63) is 53.6 Å². The van der Waals surface area contributed by atoms with Crippen LogP contribution in [0, 0.1) is 6.92 Å². The van der Waals surface area contributed by atoms with E-state index in [4.69, 9.17) is 9.15 Å². The van der Waals surface area contributed by atoms with Crippen LogP contribution in [0.5, 0.6) is 0 Å². The van der Waals surface area contributed by atoms with Crippen molar-refractivity contribution < 1.29 is 9.15 Å². The van der Waals surface area contributed by atoms with E-state index in [1.807, 2.05) is 18.2 Å². The van der Waals surface area contributed by atoms with Gasteiger partial charge in [0, 0.05) is 5.56 Å². The summed E-state index contributed by atoms with van der Waals surface area (Å²) in [7, 11) is 0. The summed E-state index contributed by atoms with van der Waals surface area (Å²) in [6.07, 6.45) is 0.262. The average molecular weight is 279 g/mol. The standard InChI is InChI=1S/C18H17NO2/c1-11-4-6-13(7-5-11)17-19-15-10-14(8-9-16(15)20-17)18(3)12(2)21-18/h4-10,12H,1-3H3. The molecule has 2 aromatic carbocycles. The number of fused-ring (bicyclic) bond motifs is 1. The highest BCUT2D eigenvalue weighted by Crippen LogP contribution is 2.46. The van der Waals surface area contributed by atoms with Gasteiger partial charge in [-0.1, -0.05) is 23.8 Å². The molecular weight excluding hydrogens is 262 g/mol. The number of hydrogen-bond acceptors (Lipinski definition) is 3. The Morgan fingerprint density at radius 1 is 1.10 bits per heavy atom. The molecule has 1 aromatic heterocycles. The van der Waals surface area contributed by atoms with Crippen LogP contribution in [0.2, 0.25) is 0 Å². The number of rotatable bonds is 2. The molecule has 1 saturated heterocycles. The quantitative estimate of drug-likeness (QED) is 0.651. The van der Waals surface area contributed by atoms with Crippen LogP contribution in [0.25, 0.3) is 22.6 Å². The number of hydrogen-bond donors (Lipinski definition) is 0. The molecule has 3 aromatic rings. The second kappa shape index (κ2) is 4.18. The van der Waals surface area contributed by atoms with Crippen molar-refractivity contribution in [2.75, 3.05) is 0 Å². The lowest BCUT2D eigenvalue weighted by Gasteiger charge is -2.04. The van der Waals surface area contributed by atoms with E-state index in [1.54, 1.807) is 0 Å². The van der Waals surface area contributed by atoms with Crippen LogP contribution in [0.1, 0.15) is 25.0 Å². The van der Waals surface area contributed by atoms with Gasteiger partial charge in [0.05, 0.1) is 6.10 Å². The number of aryl methyl sites for hydroxylation is 1. The van der Waals surface area contributed by atoms with Gasteiger partial charge in [-0.15, -0.1) is 0 Å². The summed E-state index contributed by atoms with van der Waals surface area (Å²) in [5.41, 5.74) is 4.91. The Hall–Kier alpha value is -2.13. The minimum atomic E-state index is -0.169. The zero-order valence-corrected chi connectivity index (χ0v) is 12.4. The lowest BCUT2D eigenvalue weighted by molar-refractivity contribution is 0.316. The largest absolute Gasteiger partial charge is 0.436 e. The number of oxazole rings is 1. The van der Waals surface area contributed by atoms with Crippen LogP contribution in [0.3, 0.4) is 0 Å². The molecule has 3 nitrogen and oxygen atoms in total. The van der Waals surface area contributed by atoms with Crippen molar-refractivity contribution in [2.45, 2.75) is 32.5 Å². The molecule has 0 spiro atoms. The summed E-state index contributed by atoms with van der Waals surface area (Å²) in [6, 6.07) is 14.3. The molecule has 3 heteroatoms. The van der Waals surface area contributed by atoms with Crippen molar-refractivity contribution in [1.82, 2.24) is 4.98 Å². The maximum atomic E-state index is 5.86. The van der Waals surface area contributed by atoms with E-state index in [0.29, 0.717) is 5.89 Å². The van der Waals surface area contributed by atoms with Gasteiger partial charge in [0.15, 0.2) is 5.58 Å². The highest BCUT2D eigenvalue weighted by atomic mass is 16.6. The van der Waals surface area contributed by atoms with Crippen molar-refractivity contribution in [1.29, 1.82) is 0 Å².